The minimum atomic E-state index is -1.18. The number of aliphatic hydroxyl groups excluding tert-OH is 1. The van der Waals surface area contributed by atoms with E-state index < -0.39 is 35.0 Å². The van der Waals surface area contributed by atoms with Crippen LogP contribution in [0.1, 0.15) is 39.0 Å². The number of hydrogen-bond donors (Lipinski definition) is 1. The van der Waals surface area contributed by atoms with E-state index in [1.165, 1.54) is 4.90 Å². The van der Waals surface area contributed by atoms with Crippen molar-refractivity contribution < 1.29 is 33.7 Å². The number of β-amino-alcohol motifs (C(OH)–C–C–N with tert-alkyl or cyclic N) is 1. The Bertz CT molecular complexity index is 1070. The summed E-state index contributed by atoms with van der Waals surface area (Å²) in [6.45, 7) is 9.51. The molecule has 206 valence electrons. The lowest BCUT2D eigenvalue weighted by Gasteiger charge is -2.36. The number of fused-ring (bicyclic) bond motifs is 1. The highest BCUT2D eigenvalue weighted by molar-refractivity contribution is 6.04. The van der Waals surface area contributed by atoms with Crippen LogP contribution in [0.25, 0.3) is 0 Å². The number of carbonyl (C=O) groups excluding carboxylic acids is 3. The van der Waals surface area contributed by atoms with Crippen LogP contribution in [-0.2, 0) is 23.9 Å². The molecule has 0 aliphatic carbocycles. The highest BCUT2D eigenvalue weighted by Crippen LogP contribution is 2.64. The first kappa shape index (κ1) is 27.9. The van der Waals surface area contributed by atoms with E-state index >= 15 is 0 Å². The summed E-state index contributed by atoms with van der Waals surface area (Å²) in [4.78, 5) is 44.7. The van der Waals surface area contributed by atoms with E-state index in [0.717, 1.165) is 0 Å². The molecule has 1 spiro atoms. The number of carbonyl (C=O) groups is 3. The van der Waals surface area contributed by atoms with E-state index in [2.05, 4.69) is 13.2 Å². The number of aliphatic hydroxyl groups is 1. The van der Waals surface area contributed by atoms with Gasteiger partial charge in [-0.15, -0.1) is 13.2 Å². The third-order valence-corrected chi connectivity index (χ3v) is 8.27. The van der Waals surface area contributed by atoms with Crippen molar-refractivity contribution in [2.45, 2.75) is 56.3 Å². The highest BCUT2D eigenvalue weighted by Gasteiger charge is 2.79. The summed E-state index contributed by atoms with van der Waals surface area (Å²) in [6.07, 6.45) is 6.25. The van der Waals surface area contributed by atoms with Gasteiger partial charge in [-0.05, 0) is 56.4 Å². The molecule has 3 aliphatic heterocycles. The topological polar surface area (TPSA) is 106 Å². The second kappa shape index (κ2) is 11.3. The fraction of sp³-hybridized carbons (Fsp3) is 0.552. The fourth-order valence-corrected chi connectivity index (χ4v) is 6.56. The monoisotopic (exact) mass is 526 g/mol. The van der Waals surface area contributed by atoms with E-state index in [1.54, 1.807) is 48.4 Å². The van der Waals surface area contributed by atoms with Crippen molar-refractivity contribution in [1.82, 2.24) is 4.90 Å². The van der Waals surface area contributed by atoms with Gasteiger partial charge in [-0.3, -0.25) is 14.4 Å². The Morgan fingerprint density at radius 2 is 1.97 bits per heavy atom. The molecule has 3 aliphatic rings. The van der Waals surface area contributed by atoms with E-state index in [0.29, 0.717) is 43.5 Å². The molecule has 1 aromatic carbocycles. The maximum absolute atomic E-state index is 14.3. The second-order valence-electron chi connectivity index (χ2n) is 10.1. The van der Waals surface area contributed by atoms with Crippen molar-refractivity contribution in [2.75, 3.05) is 38.3 Å². The van der Waals surface area contributed by atoms with Gasteiger partial charge in [-0.2, -0.15) is 0 Å². The summed E-state index contributed by atoms with van der Waals surface area (Å²) in [5, 5.41) is 9.84. The summed E-state index contributed by atoms with van der Waals surface area (Å²) in [6, 6.07) is 6.06. The number of anilines is 1. The first-order valence-electron chi connectivity index (χ1n) is 13.3. The summed E-state index contributed by atoms with van der Waals surface area (Å²) >= 11 is 0. The molecule has 38 heavy (non-hydrogen) atoms. The fourth-order valence-electron chi connectivity index (χ4n) is 6.56. The predicted octanol–water partition coefficient (Wildman–Crippen LogP) is 2.87. The molecular weight excluding hydrogens is 488 g/mol. The van der Waals surface area contributed by atoms with Crippen LogP contribution in [0.4, 0.5) is 5.69 Å². The van der Waals surface area contributed by atoms with Crippen molar-refractivity contribution in [2.24, 2.45) is 11.8 Å². The normalized spacial score (nSPS) is 29.2. The van der Waals surface area contributed by atoms with Gasteiger partial charge < -0.3 is 29.1 Å². The highest BCUT2D eigenvalue weighted by atomic mass is 16.6. The van der Waals surface area contributed by atoms with Crippen molar-refractivity contribution in [3.8, 4) is 5.75 Å². The first-order chi connectivity index (χ1) is 18.3. The van der Waals surface area contributed by atoms with Gasteiger partial charge in [0.15, 0.2) is 0 Å². The average Bonchev–Trinajstić information content (AvgIpc) is 3.53. The summed E-state index contributed by atoms with van der Waals surface area (Å²) in [5.74, 6) is -2.19. The summed E-state index contributed by atoms with van der Waals surface area (Å²) < 4.78 is 17.6. The number of rotatable bonds is 13. The minimum Gasteiger partial charge on any atom is -0.497 e. The summed E-state index contributed by atoms with van der Waals surface area (Å²) in [5.41, 5.74) is -1.44. The van der Waals surface area contributed by atoms with Crippen LogP contribution >= 0.6 is 0 Å². The molecule has 9 heteroatoms. The van der Waals surface area contributed by atoms with E-state index in [1.807, 2.05) is 6.92 Å². The molecule has 3 fully saturated rings. The van der Waals surface area contributed by atoms with Crippen LogP contribution in [-0.4, -0.2) is 78.4 Å². The number of amides is 2. The largest absolute Gasteiger partial charge is 0.497 e. The number of methoxy groups -OCH3 is 1. The van der Waals surface area contributed by atoms with Gasteiger partial charge >= 0.3 is 5.97 Å². The number of ether oxygens (including phenoxy) is 3. The number of allylic oxidation sites excluding steroid dienone is 1. The standard InChI is InChI=1S/C29H38N2O7/c1-5-8-9-19-37-27(35)23-22-25(33)31(17-18-32)24(29(22)15-14-28(23,7-3)38-29)26(34)30(16-6-2)20-10-12-21(36-4)13-11-20/h5-6,10-13,22-24,32H,1-2,7-9,14-19H2,3-4H3/t22-,23-,24?,28+,29?/m0/s1. The smallest absolute Gasteiger partial charge is 0.312 e. The molecule has 0 radical (unpaired) electrons. The molecule has 9 nitrogen and oxygen atoms in total. The van der Waals surface area contributed by atoms with Gasteiger partial charge in [0.05, 0.1) is 31.8 Å². The van der Waals surface area contributed by atoms with Crippen LogP contribution < -0.4 is 9.64 Å². The van der Waals surface area contributed by atoms with E-state index in [-0.39, 0.29) is 38.1 Å². The molecular formula is C29H38N2O7. The Morgan fingerprint density at radius 1 is 1.24 bits per heavy atom. The molecule has 0 aromatic heterocycles. The zero-order valence-corrected chi connectivity index (χ0v) is 22.3. The first-order valence-corrected chi connectivity index (χ1v) is 13.3. The zero-order valence-electron chi connectivity index (χ0n) is 22.3. The van der Waals surface area contributed by atoms with Gasteiger partial charge in [0.25, 0.3) is 5.91 Å². The van der Waals surface area contributed by atoms with Gasteiger partial charge in [-0.25, -0.2) is 0 Å². The van der Waals surface area contributed by atoms with Crippen LogP contribution in [0, 0.1) is 11.8 Å². The van der Waals surface area contributed by atoms with Crippen LogP contribution in [0.3, 0.4) is 0 Å². The lowest BCUT2D eigenvalue weighted by atomic mass is 9.65. The van der Waals surface area contributed by atoms with Crippen LogP contribution in [0.5, 0.6) is 5.75 Å². The zero-order chi connectivity index (χ0) is 27.5. The Labute approximate surface area is 224 Å². The predicted molar refractivity (Wildman–Crippen MR) is 142 cm³/mol. The van der Waals surface area contributed by atoms with Gasteiger partial charge in [0, 0.05) is 18.8 Å². The average molecular weight is 527 g/mol. The molecule has 2 unspecified atom stereocenters. The summed E-state index contributed by atoms with van der Waals surface area (Å²) in [7, 11) is 1.57. The molecule has 1 N–H and O–H groups in total. The van der Waals surface area contributed by atoms with Crippen molar-refractivity contribution in [1.29, 1.82) is 0 Å². The molecule has 4 rings (SSSR count). The van der Waals surface area contributed by atoms with Crippen LogP contribution in [0.15, 0.2) is 49.6 Å². The van der Waals surface area contributed by atoms with E-state index in [4.69, 9.17) is 14.2 Å². The molecule has 1 aromatic rings. The van der Waals surface area contributed by atoms with E-state index in [9.17, 15) is 19.5 Å². The minimum absolute atomic E-state index is 0.0401. The SMILES string of the molecule is C=CCCCOC(=O)[C@@H]1[C@H]2C(=O)N(CCO)C(C(=O)N(CC=C)c3ccc(OC)cc3)C23CC[C@@]1(CC)O3. The molecule has 3 heterocycles. The molecule has 3 saturated heterocycles. The van der Waals surface area contributed by atoms with Crippen molar-refractivity contribution >= 4 is 23.5 Å². The third-order valence-electron chi connectivity index (χ3n) is 8.27. The number of nitrogens with zero attached hydrogens (tertiary/aromatic N) is 2. The van der Waals surface area contributed by atoms with Gasteiger partial charge in [0.2, 0.25) is 5.91 Å². The molecule has 0 saturated carbocycles. The number of hydrogen-bond acceptors (Lipinski definition) is 7. The Morgan fingerprint density at radius 3 is 2.58 bits per heavy atom. The quantitative estimate of drug-likeness (QED) is 0.239. The maximum atomic E-state index is 14.3. The van der Waals surface area contributed by atoms with Gasteiger partial charge in [-0.1, -0.05) is 19.1 Å². The lowest BCUT2D eigenvalue weighted by Crippen LogP contribution is -2.56. The molecule has 2 bridgehead atoms. The Balaban J connectivity index is 1.72. The number of likely N-dealkylation sites (tertiary alicyclic amines) is 1. The maximum Gasteiger partial charge on any atom is 0.312 e. The lowest BCUT2D eigenvalue weighted by molar-refractivity contribution is -0.161. The second-order valence-corrected chi connectivity index (χ2v) is 10.1. The van der Waals surface area contributed by atoms with Gasteiger partial charge in [0.1, 0.15) is 23.3 Å². The van der Waals surface area contributed by atoms with Crippen LogP contribution in [0.2, 0.25) is 0 Å². The number of unbranched alkanes of at least 4 members (excludes halogenated alkanes) is 1. The Kier molecular flexibility index (Phi) is 8.28. The Hall–Kier alpha value is -3.17. The molecule has 5 atom stereocenters. The number of esters is 1. The van der Waals surface area contributed by atoms with Crippen molar-refractivity contribution in [3.05, 3.63) is 49.6 Å². The third kappa shape index (κ3) is 4.41. The molecule has 2 amide bonds. The number of benzene rings is 1. The van der Waals surface area contributed by atoms with Crippen molar-refractivity contribution in [3.63, 3.8) is 0 Å².